The molecule has 1 aromatic heterocycles. The third-order valence-electron chi connectivity index (χ3n) is 1.54. The van der Waals surface area contributed by atoms with Crippen LogP contribution >= 0.6 is 11.6 Å². The summed E-state index contributed by atoms with van der Waals surface area (Å²) in [6, 6.07) is 3.66. The predicted octanol–water partition coefficient (Wildman–Crippen LogP) is 3.19. The van der Waals surface area contributed by atoms with Crippen molar-refractivity contribution in [2.24, 2.45) is 5.41 Å². The molecule has 1 aromatic rings. The first-order chi connectivity index (χ1) is 5.99. The van der Waals surface area contributed by atoms with Gasteiger partial charge in [-0.05, 0) is 17.5 Å². The lowest BCUT2D eigenvalue weighted by Gasteiger charge is -2.19. The van der Waals surface area contributed by atoms with Gasteiger partial charge < -0.3 is 5.32 Å². The fourth-order valence-corrected chi connectivity index (χ4v) is 1.05. The molecule has 0 saturated carbocycles. The van der Waals surface area contributed by atoms with E-state index in [2.05, 4.69) is 31.1 Å². The number of anilines is 1. The molecule has 0 aliphatic heterocycles. The van der Waals surface area contributed by atoms with Gasteiger partial charge in [0, 0.05) is 12.7 Å². The number of hydrogen-bond acceptors (Lipinski definition) is 2. The van der Waals surface area contributed by atoms with E-state index in [9.17, 15) is 0 Å². The molecule has 2 nitrogen and oxygen atoms in total. The molecule has 0 unspecified atom stereocenters. The number of hydrogen-bond donors (Lipinski definition) is 1. The summed E-state index contributed by atoms with van der Waals surface area (Å²) in [4.78, 5) is 4.14. The van der Waals surface area contributed by atoms with E-state index in [-0.39, 0.29) is 5.41 Å². The SMILES string of the molecule is CC(C)(C)CNc1ncccc1Cl. The van der Waals surface area contributed by atoms with Gasteiger partial charge in [0.2, 0.25) is 0 Å². The maximum absolute atomic E-state index is 5.93. The van der Waals surface area contributed by atoms with Crippen LogP contribution in [0.5, 0.6) is 0 Å². The molecule has 0 atom stereocenters. The Morgan fingerprint density at radius 3 is 2.69 bits per heavy atom. The molecule has 3 heteroatoms. The second-order valence-corrected chi connectivity index (χ2v) is 4.66. The number of pyridine rings is 1. The highest BCUT2D eigenvalue weighted by Crippen LogP contribution is 2.20. The molecule has 0 aliphatic carbocycles. The molecule has 0 bridgehead atoms. The van der Waals surface area contributed by atoms with Crippen LogP contribution in [0.4, 0.5) is 5.82 Å². The molecule has 0 spiro atoms. The Morgan fingerprint density at radius 1 is 1.46 bits per heavy atom. The first kappa shape index (κ1) is 10.3. The minimum atomic E-state index is 0.237. The van der Waals surface area contributed by atoms with E-state index in [4.69, 9.17) is 11.6 Å². The first-order valence-electron chi connectivity index (χ1n) is 4.33. The van der Waals surface area contributed by atoms with E-state index in [1.54, 1.807) is 6.20 Å². The number of aromatic nitrogens is 1. The zero-order valence-electron chi connectivity index (χ0n) is 8.26. The van der Waals surface area contributed by atoms with Crippen molar-refractivity contribution < 1.29 is 0 Å². The monoisotopic (exact) mass is 198 g/mol. The fourth-order valence-electron chi connectivity index (χ4n) is 0.865. The van der Waals surface area contributed by atoms with Crippen molar-refractivity contribution >= 4 is 17.4 Å². The molecular formula is C10H15ClN2. The standard InChI is InChI=1S/C10H15ClN2/c1-10(2,3)7-13-9-8(11)5-4-6-12-9/h4-6H,7H2,1-3H3,(H,12,13). The van der Waals surface area contributed by atoms with Gasteiger partial charge in [-0.1, -0.05) is 32.4 Å². The second kappa shape index (κ2) is 3.97. The van der Waals surface area contributed by atoms with Crippen molar-refractivity contribution in [2.45, 2.75) is 20.8 Å². The van der Waals surface area contributed by atoms with Crippen molar-refractivity contribution in [3.05, 3.63) is 23.4 Å². The predicted molar refractivity (Wildman–Crippen MR) is 57.2 cm³/mol. The lowest BCUT2D eigenvalue weighted by molar-refractivity contribution is 0.442. The molecule has 0 aromatic carbocycles. The normalized spacial score (nSPS) is 11.4. The van der Waals surface area contributed by atoms with Crippen LogP contribution in [0.2, 0.25) is 5.02 Å². The Hall–Kier alpha value is -0.760. The van der Waals surface area contributed by atoms with Gasteiger partial charge in [-0.2, -0.15) is 0 Å². The smallest absolute Gasteiger partial charge is 0.144 e. The zero-order chi connectivity index (χ0) is 9.90. The molecule has 0 saturated heterocycles. The highest BCUT2D eigenvalue weighted by molar-refractivity contribution is 6.32. The summed E-state index contributed by atoms with van der Waals surface area (Å²) in [5.74, 6) is 0.763. The largest absolute Gasteiger partial charge is 0.368 e. The summed E-state index contributed by atoms with van der Waals surface area (Å²) in [5.41, 5.74) is 0.237. The molecule has 72 valence electrons. The van der Waals surface area contributed by atoms with Crippen molar-refractivity contribution in [1.82, 2.24) is 4.98 Å². The Balaban J connectivity index is 2.60. The average molecular weight is 199 g/mol. The summed E-state index contributed by atoms with van der Waals surface area (Å²) in [6.07, 6.45) is 1.73. The molecule has 1 N–H and O–H groups in total. The minimum absolute atomic E-state index is 0.237. The summed E-state index contributed by atoms with van der Waals surface area (Å²) in [5, 5.41) is 3.88. The average Bonchev–Trinajstić information content (AvgIpc) is 2.01. The summed E-state index contributed by atoms with van der Waals surface area (Å²) in [6.45, 7) is 7.36. The summed E-state index contributed by atoms with van der Waals surface area (Å²) in [7, 11) is 0. The van der Waals surface area contributed by atoms with Crippen molar-refractivity contribution in [2.75, 3.05) is 11.9 Å². The van der Waals surface area contributed by atoms with Gasteiger partial charge in [0.25, 0.3) is 0 Å². The van der Waals surface area contributed by atoms with E-state index in [0.717, 1.165) is 12.4 Å². The molecule has 0 aliphatic rings. The fraction of sp³-hybridized carbons (Fsp3) is 0.500. The maximum Gasteiger partial charge on any atom is 0.144 e. The van der Waals surface area contributed by atoms with Gasteiger partial charge in [0.05, 0.1) is 5.02 Å². The van der Waals surface area contributed by atoms with Gasteiger partial charge in [-0.25, -0.2) is 4.98 Å². The van der Waals surface area contributed by atoms with Crippen LogP contribution in [0.3, 0.4) is 0 Å². The molecule has 0 radical (unpaired) electrons. The Labute approximate surface area is 84.3 Å². The van der Waals surface area contributed by atoms with Crippen LogP contribution in [-0.4, -0.2) is 11.5 Å². The number of nitrogens with one attached hydrogen (secondary N) is 1. The molecule has 13 heavy (non-hydrogen) atoms. The number of nitrogens with zero attached hydrogens (tertiary/aromatic N) is 1. The van der Waals surface area contributed by atoms with Crippen molar-refractivity contribution in [1.29, 1.82) is 0 Å². The van der Waals surface area contributed by atoms with E-state index in [1.165, 1.54) is 0 Å². The molecule has 0 fully saturated rings. The summed E-state index contributed by atoms with van der Waals surface area (Å²) < 4.78 is 0. The Morgan fingerprint density at radius 2 is 2.15 bits per heavy atom. The van der Waals surface area contributed by atoms with Gasteiger partial charge in [-0.3, -0.25) is 0 Å². The molecular weight excluding hydrogens is 184 g/mol. The minimum Gasteiger partial charge on any atom is -0.368 e. The van der Waals surface area contributed by atoms with Gasteiger partial charge in [0.1, 0.15) is 5.82 Å². The quantitative estimate of drug-likeness (QED) is 0.790. The Kier molecular flexibility index (Phi) is 3.15. The topological polar surface area (TPSA) is 24.9 Å². The van der Waals surface area contributed by atoms with Crippen LogP contribution in [0.25, 0.3) is 0 Å². The van der Waals surface area contributed by atoms with Crippen LogP contribution in [0.15, 0.2) is 18.3 Å². The second-order valence-electron chi connectivity index (χ2n) is 4.25. The van der Waals surface area contributed by atoms with E-state index < -0.39 is 0 Å². The third kappa shape index (κ3) is 3.64. The number of rotatable bonds is 2. The Bertz CT molecular complexity index is 278. The lowest BCUT2D eigenvalue weighted by atomic mass is 9.97. The summed E-state index contributed by atoms with van der Waals surface area (Å²) >= 11 is 5.93. The van der Waals surface area contributed by atoms with E-state index >= 15 is 0 Å². The molecule has 1 heterocycles. The maximum atomic E-state index is 5.93. The highest BCUT2D eigenvalue weighted by atomic mass is 35.5. The van der Waals surface area contributed by atoms with E-state index in [0.29, 0.717) is 5.02 Å². The lowest BCUT2D eigenvalue weighted by Crippen LogP contribution is -2.19. The third-order valence-corrected chi connectivity index (χ3v) is 1.85. The highest BCUT2D eigenvalue weighted by Gasteiger charge is 2.10. The van der Waals surface area contributed by atoms with E-state index in [1.807, 2.05) is 12.1 Å². The van der Waals surface area contributed by atoms with Crippen molar-refractivity contribution in [3.8, 4) is 0 Å². The number of halogens is 1. The first-order valence-corrected chi connectivity index (χ1v) is 4.71. The van der Waals surface area contributed by atoms with Gasteiger partial charge in [0.15, 0.2) is 0 Å². The van der Waals surface area contributed by atoms with Crippen LogP contribution < -0.4 is 5.32 Å². The van der Waals surface area contributed by atoms with Crippen LogP contribution in [-0.2, 0) is 0 Å². The van der Waals surface area contributed by atoms with Gasteiger partial charge in [-0.15, -0.1) is 0 Å². The van der Waals surface area contributed by atoms with Crippen LogP contribution in [0.1, 0.15) is 20.8 Å². The van der Waals surface area contributed by atoms with Crippen LogP contribution in [0, 0.1) is 5.41 Å². The zero-order valence-corrected chi connectivity index (χ0v) is 9.02. The molecule has 1 rings (SSSR count). The van der Waals surface area contributed by atoms with Crippen molar-refractivity contribution in [3.63, 3.8) is 0 Å². The van der Waals surface area contributed by atoms with Gasteiger partial charge >= 0.3 is 0 Å². The molecule has 0 amide bonds.